The third kappa shape index (κ3) is 6.30. The number of carbonyl (C=O) groups excluding carboxylic acids is 1. The Balaban J connectivity index is 1.39. The summed E-state index contributed by atoms with van der Waals surface area (Å²) >= 11 is 0. The van der Waals surface area contributed by atoms with E-state index < -0.39 is 0 Å². The lowest BCUT2D eigenvalue weighted by Gasteiger charge is -2.34. The van der Waals surface area contributed by atoms with Crippen molar-refractivity contribution in [2.45, 2.75) is 58.1 Å². The van der Waals surface area contributed by atoms with Crippen LogP contribution in [-0.2, 0) is 6.54 Å². The van der Waals surface area contributed by atoms with Gasteiger partial charge in [-0.1, -0.05) is 26.2 Å². The predicted octanol–water partition coefficient (Wildman–Crippen LogP) is 1.87. The van der Waals surface area contributed by atoms with Gasteiger partial charge < -0.3 is 14.8 Å². The Labute approximate surface area is 162 Å². The molecular weight excluding hydrogens is 344 g/mol. The summed E-state index contributed by atoms with van der Waals surface area (Å²) in [7, 11) is 0. The Morgan fingerprint density at radius 1 is 1.26 bits per heavy atom. The molecule has 2 N–H and O–H groups in total. The average molecular weight is 379 g/mol. The molecule has 1 amide bonds. The second-order valence-electron chi connectivity index (χ2n) is 7.98. The monoisotopic (exact) mass is 378 g/mol. The van der Waals surface area contributed by atoms with Crippen LogP contribution in [0.3, 0.4) is 0 Å². The van der Waals surface area contributed by atoms with Crippen molar-refractivity contribution in [3.8, 4) is 0 Å². The van der Waals surface area contributed by atoms with Crippen LogP contribution < -0.4 is 5.32 Å². The van der Waals surface area contributed by atoms with Crippen molar-refractivity contribution in [1.82, 2.24) is 20.1 Å². The number of carbonyl (C=O) groups is 1. The second-order valence-corrected chi connectivity index (χ2v) is 7.98. The number of aliphatic hydroxyl groups is 1. The van der Waals surface area contributed by atoms with E-state index in [9.17, 15) is 9.90 Å². The van der Waals surface area contributed by atoms with Gasteiger partial charge >= 0.3 is 0 Å². The molecule has 2 heterocycles. The van der Waals surface area contributed by atoms with Crippen molar-refractivity contribution in [2.24, 2.45) is 5.92 Å². The second kappa shape index (κ2) is 10.2. The minimum absolute atomic E-state index is 0.131. The quantitative estimate of drug-likeness (QED) is 0.719. The normalized spacial score (nSPS) is 21.3. The summed E-state index contributed by atoms with van der Waals surface area (Å²) in [6, 6.07) is 0. The highest BCUT2D eigenvalue weighted by molar-refractivity contribution is 5.91. The first-order valence-electron chi connectivity index (χ1n) is 10.5. The smallest absolute Gasteiger partial charge is 0.273 e. The molecule has 152 valence electrons. The van der Waals surface area contributed by atoms with Crippen LogP contribution in [0, 0.1) is 5.92 Å². The molecule has 3 rings (SSSR count). The van der Waals surface area contributed by atoms with Crippen molar-refractivity contribution >= 4 is 5.91 Å². The van der Waals surface area contributed by atoms with Crippen LogP contribution in [-0.4, -0.2) is 71.2 Å². The highest BCUT2D eigenvalue weighted by Gasteiger charge is 2.21. The van der Waals surface area contributed by atoms with Crippen molar-refractivity contribution in [1.29, 1.82) is 0 Å². The summed E-state index contributed by atoms with van der Waals surface area (Å²) in [6.07, 6.45) is 8.33. The first kappa shape index (κ1) is 20.3. The molecule has 27 heavy (non-hydrogen) atoms. The van der Waals surface area contributed by atoms with Gasteiger partial charge in [0.25, 0.3) is 5.91 Å². The Morgan fingerprint density at radius 2 is 1.96 bits per heavy atom. The van der Waals surface area contributed by atoms with Gasteiger partial charge in [-0.3, -0.25) is 14.6 Å². The largest absolute Gasteiger partial charge is 0.447 e. The standard InChI is InChI=1S/C20H34N4O3/c1-2-17(25)13-23-8-10-24(11-9-23)14-19-22-18(15-27-19)20(26)21-12-16-6-4-3-5-7-16/h15-17,25H,2-14H2,1H3,(H,21,26)/t17-/m1/s1. The van der Waals surface area contributed by atoms with Gasteiger partial charge in [-0.2, -0.15) is 0 Å². The number of rotatable bonds is 8. The molecule has 7 nitrogen and oxygen atoms in total. The van der Waals surface area contributed by atoms with E-state index in [2.05, 4.69) is 20.1 Å². The number of aromatic nitrogens is 1. The molecule has 0 aromatic carbocycles. The molecule has 2 fully saturated rings. The van der Waals surface area contributed by atoms with Crippen molar-refractivity contribution in [3.63, 3.8) is 0 Å². The predicted molar refractivity (Wildman–Crippen MR) is 103 cm³/mol. The van der Waals surface area contributed by atoms with E-state index >= 15 is 0 Å². The van der Waals surface area contributed by atoms with Crippen LogP contribution in [0.1, 0.15) is 61.8 Å². The molecule has 1 saturated heterocycles. The number of nitrogens with zero attached hydrogens (tertiary/aromatic N) is 3. The van der Waals surface area contributed by atoms with Crippen LogP contribution in [0.15, 0.2) is 10.7 Å². The van der Waals surface area contributed by atoms with E-state index in [4.69, 9.17) is 4.42 Å². The zero-order valence-corrected chi connectivity index (χ0v) is 16.5. The fraction of sp³-hybridized carbons (Fsp3) is 0.800. The van der Waals surface area contributed by atoms with Gasteiger partial charge in [0, 0.05) is 39.3 Å². The Kier molecular flexibility index (Phi) is 7.67. The zero-order chi connectivity index (χ0) is 19.1. The highest BCUT2D eigenvalue weighted by Crippen LogP contribution is 2.22. The molecule has 1 aromatic rings. The van der Waals surface area contributed by atoms with Gasteiger partial charge in [-0.05, 0) is 25.2 Å². The molecule has 1 atom stereocenters. The van der Waals surface area contributed by atoms with E-state index in [0.29, 0.717) is 24.0 Å². The lowest BCUT2D eigenvalue weighted by Crippen LogP contribution is -2.48. The number of oxazole rings is 1. The maximum absolute atomic E-state index is 12.3. The Hall–Kier alpha value is -1.44. The lowest BCUT2D eigenvalue weighted by molar-refractivity contribution is 0.0658. The summed E-state index contributed by atoms with van der Waals surface area (Å²) in [5.41, 5.74) is 0.380. The fourth-order valence-corrected chi connectivity index (χ4v) is 3.96. The molecule has 1 saturated carbocycles. The molecule has 1 aliphatic carbocycles. The molecule has 0 bridgehead atoms. The summed E-state index contributed by atoms with van der Waals surface area (Å²) < 4.78 is 5.52. The number of hydrogen-bond acceptors (Lipinski definition) is 6. The van der Waals surface area contributed by atoms with Crippen LogP contribution >= 0.6 is 0 Å². The van der Waals surface area contributed by atoms with Gasteiger partial charge in [-0.25, -0.2) is 4.98 Å². The first-order chi connectivity index (χ1) is 13.1. The molecule has 1 aliphatic heterocycles. The van der Waals surface area contributed by atoms with Gasteiger partial charge in [-0.15, -0.1) is 0 Å². The number of piperazine rings is 1. The molecule has 0 radical (unpaired) electrons. The maximum atomic E-state index is 12.3. The molecule has 2 aliphatic rings. The van der Waals surface area contributed by atoms with Crippen molar-refractivity contribution < 1.29 is 14.3 Å². The minimum Gasteiger partial charge on any atom is -0.447 e. The lowest BCUT2D eigenvalue weighted by atomic mass is 9.89. The number of amides is 1. The van der Waals surface area contributed by atoms with Crippen LogP contribution in [0.5, 0.6) is 0 Å². The summed E-state index contributed by atoms with van der Waals surface area (Å²) in [5, 5.41) is 12.8. The minimum atomic E-state index is -0.238. The van der Waals surface area contributed by atoms with Gasteiger partial charge in [0.2, 0.25) is 5.89 Å². The Morgan fingerprint density at radius 3 is 2.67 bits per heavy atom. The third-order valence-electron chi connectivity index (χ3n) is 5.82. The van der Waals surface area contributed by atoms with Crippen LogP contribution in [0.4, 0.5) is 0 Å². The summed E-state index contributed by atoms with van der Waals surface area (Å²) in [5.74, 6) is 1.07. The molecule has 0 unspecified atom stereocenters. The first-order valence-corrected chi connectivity index (χ1v) is 10.5. The zero-order valence-electron chi connectivity index (χ0n) is 16.5. The number of hydrogen-bond donors (Lipinski definition) is 2. The van der Waals surface area contributed by atoms with Crippen molar-refractivity contribution in [3.05, 3.63) is 17.8 Å². The van der Waals surface area contributed by atoms with E-state index in [1.54, 1.807) is 0 Å². The number of nitrogens with one attached hydrogen (secondary N) is 1. The van der Waals surface area contributed by atoms with Crippen molar-refractivity contribution in [2.75, 3.05) is 39.3 Å². The highest BCUT2D eigenvalue weighted by atomic mass is 16.3. The average Bonchev–Trinajstić information content (AvgIpc) is 3.17. The SMILES string of the molecule is CC[C@@H](O)CN1CCN(Cc2nc(C(=O)NCC3CCCCC3)co2)CC1. The molecule has 0 spiro atoms. The maximum Gasteiger partial charge on any atom is 0.273 e. The molecular formula is C20H34N4O3. The van der Waals surface area contributed by atoms with Crippen LogP contribution in [0.2, 0.25) is 0 Å². The topological polar surface area (TPSA) is 81.8 Å². The third-order valence-corrected chi connectivity index (χ3v) is 5.82. The van der Waals surface area contributed by atoms with E-state index in [1.165, 1.54) is 38.4 Å². The van der Waals surface area contributed by atoms with E-state index in [1.807, 2.05) is 6.92 Å². The van der Waals surface area contributed by atoms with Gasteiger partial charge in [0.1, 0.15) is 6.26 Å². The fourth-order valence-electron chi connectivity index (χ4n) is 3.96. The van der Waals surface area contributed by atoms with E-state index in [-0.39, 0.29) is 12.0 Å². The number of β-amino-alcohol motifs (C(OH)–C–C–N with tert-alkyl or cyclic N) is 1. The number of aliphatic hydroxyl groups excluding tert-OH is 1. The molecule has 1 aromatic heterocycles. The molecule has 7 heteroatoms. The summed E-state index contributed by atoms with van der Waals surface area (Å²) in [4.78, 5) is 21.2. The van der Waals surface area contributed by atoms with Gasteiger partial charge in [0.05, 0.1) is 12.6 Å². The van der Waals surface area contributed by atoms with Gasteiger partial charge in [0.15, 0.2) is 5.69 Å². The van der Waals surface area contributed by atoms with E-state index in [0.717, 1.165) is 45.7 Å². The van der Waals surface area contributed by atoms with Crippen LogP contribution in [0.25, 0.3) is 0 Å². The summed E-state index contributed by atoms with van der Waals surface area (Å²) in [6.45, 7) is 7.83. The Bertz CT molecular complexity index is 578.